The predicted molar refractivity (Wildman–Crippen MR) is 132 cm³/mol. The second-order valence-electron chi connectivity index (χ2n) is 6.90. The SMILES string of the molecule is O=C(Cn1c(Cc2ccc(Br)cc2)nc2ccc(Br)cc21)N/N=C/c1ccc(Cl)cc1. The number of benzene rings is 3. The minimum absolute atomic E-state index is 0.108. The second kappa shape index (κ2) is 9.77. The van der Waals surface area contributed by atoms with Crippen LogP contribution in [0.5, 0.6) is 0 Å². The van der Waals surface area contributed by atoms with Gasteiger partial charge in [0.25, 0.3) is 5.91 Å². The van der Waals surface area contributed by atoms with E-state index in [0.29, 0.717) is 11.4 Å². The number of halogens is 3. The Labute approximate surface area is 201 Å². The summed E-state index contributed by atoms with van der Waals surface area (Å²) in [5.41, 5.74) is 6.28. The van der Waals surface area contributed by atoms with Gasteiger partial charge in [-0.25, -0.2) is 10.4 Å². The number of imidazole rings is 1. The van der Waals surface area contributed by atoms with Gasteiger partial charge in [-0.2, -0.15) is 5.10 Å². The van der Waals surface area contributed by atoms with Crippen LogP contribution in [0.4, 0.5) is 0 Å². The molecule has 4 rings (SSSR count). The lowest BCUT2D eigenvalue weighted by Crippen LogP contribution is -2.24. The Kier molecular flexibility index (Phi) is 6.85. The summed E-state index contributed by atoms with van der Waals surface area (Å²) in [4.78, 5) is 17.4. The van der Waals surface area contributed by atoms with Gasteiger partial charge in [0.15, 0.2) is 0 Å². The van der Waals surface area contributed by atoms with E-state index in [1.165, 1.54) is 0 Å². The van der Waals surface area contributed by atoms with Crippen molar-refractivity contribution >= 4 is 66.6 Å². The molecular formula is C23H17Br2ClN4O. The molecule has 0 spiro atoms. The standard InChI is InChI=1S/C23H17Br2ClN4O/c24-17-5-1-15(2-6-17)11-22-28-20-10-7-18(25)12-21(20)30(22)14-23(31)29-27-13-16-3-8-19(26)9-4-16/h1-10,12-13H,11,14H2,(H,29,31)/b27-13+. The van der Waals surface area contributed by atoms with Crippen molar-refractivity contribution in [3.8, 4) is 0 Å². The molecule has 8 heteroatoms. The zero-order valence-corrected chi connectivity index (χ0v) is 20.2. The van der Waals surface area contributed by atoms with E-state index in [9.17, 15) is 4.79 Å². The highest BCUT2D eigenvalue weighted by molar-refractivity contribution is 9.10. The summed E-state index contributed by atoms with van der Waals surface area (Å²) in [5.74, 6) is 0.578. The largest absolute Gasteiger partial charge is 0.318 e. The highest BCUT2D eigenvalue weighted by Gasteiger charge is 2.14. The van der Waals surface area contributed by atoms with Gasteiger partial charge in [-0.15, -0.1) is 0 Å². The Morgan fingerprint density at radius 1 is 1.03 bits per heavy atom. The molecule has 5 nitrogen and oxygen atoms in total. The van der Waals surface area contributed by atoms with Gasteiger partial charge in [0.1, 0.15) is 12.4 Å². The summed E-state index contributed by atoms with van der Waals surface area (Å²) in [6.07, 6.45) is 2.19. The number of hydrogen-bond donors (Lipinski definition) is 1. The first-order valence-corrected chi connectivity index (χ1v) is 11.4. The first-order valence-electron chi connectivity index (χ1n) is 9.44. The van der Waals surface area contributed by atoms with Gasteiger partial charge in [-0.1, -0.05) is 67.7 Å². The molecule has 0 aliphatic heterocycles. The van der Waals surface area contributed by atoms with Crippen molar-refractivity contribution in [2.75, 3.05) is 0 Å². The Balaban J connectivity index is 1.55. The van der Waals surface area contributed by atoms with Crippen LogP contribution in [0, 0.1) is 0 Å². The maximum atomic E-state index is 12.6. The van der Waals surface area contributed by atoms with Crippen molar-refractivity contribution in [2.45, 2.75) is 13.0 Å². The lowest BCUT2D eigenvalue weighted by Gasteiger charge is -2.09. The summed E-state index contributed by atoms with van der Waals surface area (Å²) in [7, 11) is 0. The highest BCUT2D eigenvalue weighted by atomic mass is 79.9. The second-order valence-corrected chi connectivity index (χ2v) is 9.16. The molecule has 4 aromatic rings. The third-order valence-corrected chi connectivity index (χ3v) is 5.91. The van der Waals surface area contributed by atoms with Crippen molar-refractivity contribution in [3.63, 3.8) is 0 Å². The average molecular weight is 561 g/mol. The van der Waals surface area contributed by atoms with E-state index in [1.807, 2.05) is 59.2 Å². The number of hydrazone groups is 1. The first-order chi connectivity index (χ1) is 15.0. The van der Waals surface area contributed by atoms with Crippen LogP contribution in [-0.2, 0) is 17.8 Å². The van der Waals surface area contributed by atoms with E-state index in [-0.39, 0.29) is 12.5 Å². The fraction of sp³-hybridized carbons (Fsp3) is 0.0870. The first kappa shape index (κ1) is 21.7. The Morgan fingerprint density at radius 3 is 2.48 bits per heavy atom. The number of amides is 1. The smallest absolute Gasteiger partial charge is 0.260 e. The van der Waals surface area contributed by atoms with E-state index in [0.717, 1.165) is 36.9 Å². The van der Waals surface area contributed by atoms with E-state index in [2.05, 4.69) is 42.4 Å². The zero-order valence-electron chi connectivity index (χ0n) is 16.2. The minimum Gasteiger partial charge on any atom is -0.318 e. The van der Waals surface area contributed by atoms with Crippen LogP contribution in [0.25, 0.3) is 11.0 Å². The van der Waals surface area contributed by atoms with E-state index in [1.54, 1.807) is 18.3 Å². The van der Waals surface area contributed by atoms with Crippen molar-refractivity contribution < 1.29 is 4.79 Å². The van der Waals surface area contributed by atoms with Crippen LogP contribution < -0.4 is 5.43 Å². The molecule has 0 aliphatic carbocycles. The van der Waals surface area contributed by atoms with E-state index >= 15 is 0 Å². The van der Waals surface area contributed by atoms with Gasteiger partial charge >= 0.3 is 0 Å². The van der Waals surface area contributed by atoms with Crippen molar-refractivity contribution in [1.82, 2.24) is 15.0 Å². The number of nitrogens with one attached hydrogen (secondary N) is 1. The number of hydrogen-bond acceptors (Lipinski definition) is 3. The van der Waals surface area contributed by atoms with Crippen LogP contribution >= 0.6 is 43.5 Å². The topological polar surface area (TPSA) is 59.3 Å². The number of carbonyl (C=O) groups excluding carboxylic acids is 1. The van der Waals surface area contributed by atoms with Gasteiger partial charge in [-0.3, -0.25) is 4.79 Å². The molecule has 0 saturated heterocycles. The maximum absolute atomic E-state index is 12.6. The van der Waals surface area contributed by atoms with Crippen molar-refractivity contribution in [1.29, 1.82) is 0 Å². The van der Waals surface area contributed by atoms with E-state index in [4.69, 9.17) is 16.6 Å². The third-order valence-electron chi connectivity index (χ3n) is 4.64. The quantitative estimate of drug-likeness (QED) is 0.234. The van der Waals surface area contributed by atoms with Gasteiger partial charge < -0.3 is 4.57 Å². The summed E-state index contributed by atoms with van der Waals surface area (Å²) >= 11 is 12.9. The zero-order chi connectivity index (χ0) is 21.8. The third kappa shape index (κ3) is 5.61. The molecular weight excluding hydrogens is 544 g/mol. The van der Waals surface area contributed by atoms with Gasteiger partial charge in [-0.05, 0) is 53.6 Å². The predicted octanol–water partition coefficient (Wildman–Crippen LogP) is 5.96. The normalized spacial score (nSPS) is 11.3. The molecule has 0 bridgehead atoms. The average Bonchev–Trinajstić information content (AvgIpc) is 3.07. The molecule has 0 radical (unpaired) electrons. The molecule has 31 heavy (non-hydrogen) atoms. The fourth-order valence-electron chi connectivity index (χ4n) is 3.15. The number of carbonyl (C=O) groups is 1. The highest BCUT2D eigenvalue weighted by Crippen LogP contribution is 2.23. The Bertz CT molecular complexity index is 1250. The fourth-order valence-corrected chi connectivity index (χ4v) is 3.89. The maximum Gasteiger partial charge on any atom is 0.260 e. The number of fused-ring (bicyclic) bond motifs is 1. The number of rotatable bonds is 6. The van der Waals surface area contributed by atoms with Gasteiger partial charge in [0, 0.05) is 20.4 Å². The lowest BCUT2D eigenvalue weighted by molar-refractivity contribution is -0.121. The van der Waals surface area contributed by atoms with Crippen molar-refractivity contribution in [3.05, 3.63) is 97.6 Å². The molecule has 156 valence electrons. The molecule has 0 fully saturated rings. The monoisotopic (exact) mass is 558 g/mol. The van der Waals surface area contributed by atoms with Gasteiger partial charge in [0.05, 0.1) is 17.2 Å². The number of nitrogens with zero attached hydrogens (tertiary/aromatic N) is 3. The van der Waals surface area contributed by atoms with Crippen LogP contribution in [0.3, 0.4) is 0 Å². The van der Waals surface area contributed by atoms with Crippen LogP contribution in [0.1, 0.15) is 17.0 Å². The summed E-state index contributed by atoms with van der Waals surface area (Å²) in [6.45, 7) is 0.108. The molecule has 3 aromatic carbocycles. The Hall–Kier alpha value is -2.48. The summed E-state index contributed by atoms with van der Waals surface area (Å²) < 4.78 is 3.87. The van der Waals surface area contributed by atoms with Crippen LogP contribution in [-0.4, -0.2) is 21.7 Å². The molecule has 0 atom stereocenters. The minimum atomic E-state index is -0.235. The number of aromatic nitrogens is 2. The summed E-state index contributed by atoms with van der Waals surface area (Å²) in [5, 5.41) is 4.71. The lowest BCUT2D eigenvalue weighted by atomic mass is 10.1. The summed E-state index contributed by atoms with van der Waals surface area (Å²) in [6, 6.07) is 21.1. The molecule has 1 amide bonds. The van der Waals surface area contributed by atoms with E-state index < -0.39 is 0 Å². The van der Waals surface area contributed by atoms with Crippen molar-refractivity contribution in [2.24, 2.45) is 5.10 Å². The molecule has 0 unspecified atom stereocenters. The molecule has 1 N–H and O–H groups in total. The molecule has 0 aliphatic rings. The van der Waals surface area contributed by atoms with Crippen LogP contribution in [0.2, 0.25) is 5.02 Å². The molecule has 1 heterocycles. The molecule has 0 saturated carbocycles. The molecule has 1 aromatic heterocycles. The Morgan fingerprint density at radius 2 is 1.74 bits per heavy atom. The van der Waals surface area contributed by atoms with Crippen LogP contribution in [0.15, 0.2) is 80.8 Å². The van der Waals surface area contributed by atoms with Gasteiger partial charge in [0.2, 0.25) is 0 Å².